The molecule has 0 saturated heterocycles. The van der Waals surface area contributed by atoms with Gasteiger partial charge in [-0.15, -0.1) is 0 Å². The van der Waals surface area contributed by atoms with Gasteiger partial charge in [-0.1, -0.05) is 15.9 Å². The number of hydrogen-bond acceptors (Lipinski definition) is 2. The van der Waals surface area contributed by atoms with E-state index in [0.29, 0.717) is 30.8 Å². The molecule has 0 aromatic carbocycles. The van der Waals surface area contributed by atoms with Gasteiger partial charge in [0.05, 0.1) is 12.6 Å². The summed E-state index contributed by atoms with van der Waals surface area (Å²) >= 11 is 3.18. The number of nitrogens with zero attached hydrogens (tertiary/aromatic N) is 1. The third-order valence-corrected chi connectivity index (χ3v) is 3.48. The maximum Gasteiger partial charge on any atom is 0.255 e. The van der Waals surface area contributed by atoms with Crippen LogP contribution in [0.2, 0.25) is 0 Å². The average Bonchev–Trinajstić information content (AvgIpc) is 2.25. The van der Waals surface area contributed by atoms with Crippen LogP contribution in [0.3, 0.4) is 0 Å². The maximum absolute atomic E-state index is 12.3. The smallest absolute Gasteiger partial charge is 0.255 e. The molecule has 0 bridgehead atoms. The Morgan fingerprint density at radius 2 is 2.17 bits per heavy atom. The molecule has 0 atom stereocenters. The first-order valence-electron chi connectivity index (χ1n) is 6.30. The van der Waals surface area contributed by atoms with Crippen LogP contribution in [-0.4, -0.2) is 48.4 Å². The van der Waals surface area contributed by atoms with Crippen molar-refractivity contribution in [3.05, 3.63) is 0 Å². The fraction of sp³-hybridized carbons (Fsp3) is 0.917. The fourth-order valence-electron chi connectivity index (χ4n) is 2.18. The Bertz CT molecular complexity index is 260. The number of hydrogen-bond donors (Lipinski definition) is 0. The normalized spacial score (nSPS) is 22.9. The van der Waals surface area contributed by atoms with Crippen molar-refractivity contribution < 1.29 is 18.3 Å². The summed E-state index contributed by atoms with van der Waals surface area (Å²) in [6.45, 7) is 2.50. The number of alkyl halides is 3. The van der Waals surface area contributed by atoms with Crippen LogP contribution in [0, 0.1) is 5.92 Å². The molecule has 3 nitrogen and oxygen atoms in total. The number of halogens is 3. The second-order valence-electron chi connectivity index (χ2n) is 4.54. The first-order chi connectivity index (χ1) is 8.56. The van der Waals surface area contributed by atoms with Gasteiger partial charge in [-0.3, -0.25) is 4.79 Å². The highest BCUT2D eigenvalue weighted by molar-refractivity contribution is 9.09. The molecule has 106 valence electrons. The van der Waals surface area contributed by atoms with Gasteiger partial charge in [0.2, 0.25) is 5.91 Å². The molecule has 6 heteroatoms. The van der Waals surface area contributed by atoms with Gasteiger partial charge in [0.15, 0.2) is 0 Å². The molecule has 0 unspecified atom stereocenters. The zero-order chi connectivity index (χ0) is 13.5. The number of amides is 1. The molecule has 0 radical (unpaired) electrons. The summed E-state index contributed by atoms with van der Waals surface area (Å²) in [7, 11) is 0. The second kappa shape index (κ2) is 8.04. The predicted octanol–water partition coefficient (Wildman–Crippen LogP) is 2.68. The lowest BCUT2D eigenvalue weighted by Gasteiger charge is -2.35. The molecular formula is C12H20BrF2NO2. The van der Waals surface area contributed by atoms with Crippen molar-refractivity contribution in [1.82, 2.24) is 4.90 Å². The van der Waals surface area contributed by atoms with Crippen molar-refractivity contribution in [3.8, 4) is 0 Å². The molecule has 0 aromatic rings. The molecule has 0 heterocycles. The van der Waals surface area contributed by atoms with E-state index in [9.17, 15) is 13.6 Å². The van der Waals surface area contributed by atoms with Gasteiger partial charge >= 0.3 is 0 Å². The molecule has 1 amide bonds. The first-order valence-corrected chi connectivity index (χ1v) is 7.42. The molecule has 0 aromatic heterocycles. The standard InChI is InChI=1S/C12H20BrF2NO2/c1-2-18-10-5-9(6-10)7-12(17)16(4-3-13)8-11(14)15/h9-11H,2-8H2,1H3. The van der Waals surface area contributed by atoms with Gasteiger partial charge in [-0.25, -0.2) is 8.78 Å². The molecular weight excluding hydrogens is 308 g/mol. The SMILES string of the molecule is CCOC1CC(CC(=O)N(CCBr)CC(F)F)C1. The Morgan fingerprint density at radius 3 is 2.67 bits per heavy atom. The van der Waals surface area contributed by atoms with Crippen LogP contribution in [0.1, 0.15) is 26.2 Å². The Balaban J connectivity index is 2.29. The molecule has 1 saturated carbocycles. The lowest BCUT2D eigenvalue weighted by atomic mass is 9.79. The Hall–Kier alpha value is -0.230. The van der Waals surface area contributed by atoms with Crippen molar-refractivity contribution >= 4 is 21.8 Å². The highest BCUT2D eigenvalue weighted by atomic mass is 79.9. The van der Waals surface area contributed by atoms with E-state index in [-0.39, 0.29) is 12.0 Å². The van der Waals surface area contributed by atoms with Crippen LogP contribution < -0.4 is 0 Å². The van der Waals surface area contributed by atoms with E-state index in [1.165, 1.54) is 4.90 Å². The lowest BCUT2D eigenvalue weighted by molar-refractivity contribution is -0.136. The van der Waals surface area contributed by atoms with Crippen molar-refractivity contribution in [1.29, 1.82) is 0 Å². The minimum atomic E-state index is -2.47. The largest absolute Gasteiger partial charge is 0.378 e. The van der Waals surface area contributed by atoms with Crippen molar-refractivity contribution in [2.75, 3.05) is 25.0 Å². The van der Waals surface area contributed by atoms with Gasteiger partial charge in [-0.05, 0) is 25.7 Å². The first kappa shape index (κ1) is 15.8. The summed E-state index contributed by atoms with van der Waals surface area (Å²) in [6.07, 6.45) is -0.103. The summed E-state index contributed by atoms with van der Waals surface area (Å²) in [4.78, 5) is 13.1. The van der Waals surface area contributed by atoms with E-state index in [4.69, 9.17) is 4.74 Å². The lowest BCUT2D eigenvalue weighted by Crippen LogP contribution is -2.40. The number of rotatable bonds is 8. The summed E-state index contributed by atoms with van der Waals surface area (Å²) in [5.74, 6) is 0.124. The van der Waals surface area contributed by atoms with E-state index < -0.39 is 13.0 Å². The van der Waals surface area contributed by atoms with Crippen molar-refractivity contribution in [2.45, 2.75) is 38.7 Å². The number of carbonyl (C=O) groups excluding carboxylic acids is 1. The minimum absolute atomic E-state index is 0.172. The molecule has 0 aliphatic heterocycles. The third-order valence-electron chi connectivity index (χ3n) is 3.12. The Morgan fingerprint density at radius 1 is 1.50 bits per heavy atom. The summed E-state index contributed by atoms with van der Waals surface area (Å²) in [5.41, 5.74) is 0. The molecule has 0 N–H and O–H groups in total. The average molecular weight is 328 g/mol. The number of ether oxygens (including phenoxy) is 1. The van der Waals surface area contributed by atoms with Crippen LogP contribution >= 0.6 is 15.9 Å². The van der Waals surface area contributed by atoms with Gasteiger partial charge in [0, 0.05) is 24.9 Å². The molecule has 1 rings (SSSR count). The van der Waals surface area contributed by atoms with E-state index in [1.807, 2.05) is 6.92 Å². The zero-order valence-corrected chi connectivity index (χ0v) is 12.2. The van der Waals surface area contributed by atoms with Crippen LogP contribution in [0.15, 0.2) is 0 Å². The molecule has 1 fully saturated rings. The topological polar surface area (TPSA) is 29.5 Å². The summed E-state index contributed by atoms with van der Waals surface area (Å²) in [6, 6.07) is 0. The maximum atomic E-state index is 12.3. The van der Waals surface area contributed by atoms with Gasteiger partial charge < -0.3 is 9.64 Å². The quantitative estimate of drug-likeness (QED) is 0.641. The van der Waals surface area contributed by atoms with Gasteiger partial charge in [0.1, 0.15) is 0 Å². The predicted molar refractivity (Wildman–Crippen MR) is 69.1 cm³/mol. The van der Waals surface area contributed by atoms with E-state index >= 15 is 0 Å². The summed E-state index contributed by atoms with van der Waals surface area (Å²) in [5, 5.41) is 0.525. The zero-order valence-electron chi connectivity index (χ0n) is 10.6. The second-order valence-corrected chi connectivity index (χ2v) is 5.33. The van der Waals surface area contributed by atoms with Crippen LogP contribution in [0.4, 0.5) is 8.78 Å². The van der Waals surface area contributed by atoms with E-state index in [1.54, 1.807) is 0 Å². The molecule has 1 aliphatic carbocycles. The van der Waals surface area contributed by atoms with E-state index in [2.05, 4.69) is 15.9 Å². The minimum Gasteiger partial charge on any atom is -0.378 e. The third kappa shape index (κ3) is 5.18. The van der Waals surface area contributed by atoms with Gasteiger partial charge in [0.25, 0.3) is 6.43 Å². The molecule has 1 aliphatic rings. The van der Waals surface area contributed by atoms with Crippen LogP contribution in [-0.2, 0) is 9.53 Å². The van der Waals surface area contributed by atoms with Crippen LogP contribution in [0.25, 0.3) is 0 Å². The van der Waals surface area contributed by atoms with Crippen molar-refractivity contribution in [2.24, 2.45) is 5.92 Å². The number of carbonyl (C=O) groups is 1. The summed E-state index contributed by atoms with van der Waals surface area (Å²) < 4.78 is 30.1. The Kier molecular flexibility index (Phi) is 7.07. The monoisotopic (exact) mass is 327 g/mol. The van der Waals surface area contributed by atoms with Crippen molar-refractivity contribution in [3.63, 3.8) is 0 Å². The Labute approximate surface area is 115 Å². The highest BCUT2D eigenvalue weighted by Crippen LogP contribution is 2.33. The highest BCUT2D eigenvalue weighted by Gasteiger charge is 2.32. The molecule has 0 spiro atoms. The fourth-order valence-corrected chi connectivity index (χ4v) is 2.60. The van der Waals surface area contributed by atoms with E-state index in [0.717, 1.165) is 12.8 Å². The van der Waals surface area contributed by atoms with Gasteiger partial charge in [-0.2, -0.15) is 0 Å². The molecule has 18 heavy (non-hydrogen) atoms. The van der Waals surface area contributed by atoms with Crippen LogP contribution in [0.5, 0.6) is 0 Å².